The van der Waals surface area contributed by atoms with E-state index in [1.165, 1.54) is 0 Å². The molecule has 122 valence electrons. The van der Waals surface area contributed by atoms with Crippen LogP contribution in [0.25, 0.3) is 0 Å². The summed E-state index contributed by atoms with van der Waals surface area (Å²) in [5.41, 5.74) is 1.15. The molecule has 0 saturated heterocycles. The van der Waals surface area contributed by atoms with E-state index in [1.54, 1.807) is 17.7 Å². The van der Waals surface area contributed by atoms with Crippen LogP contribution in [-0.4, -0.2) is 46.6 Å². The normalized spacial score (nSPS) is 10.4. The Labute approximate surface area is 129 Å². The van der Waals surface area contributed by atoms with Gasteiger partial charge in [-0.2, -0.15) is 5.10 Å². The summed E-state index contributed by atoms with van der Waals surface area (Å²) in [6.07, 6.45) is 0. The molecule has 22 heavy (non-hydrogen) atoms. The van der Waals surface area contributed by atoms with Gasteiger partial charge < -0.3 is 16.0 Å². The van der Waals surface area contributed by atoms with Gasteiger partial charge in [0.25, 0.3) is 5.91 Å². The van der Waals surface area contributed by atoms with Gasteiger partial charge in [0, 0.05) is 12.6 Å². The average molecular weight is 309 g/mol. The van der Waals surface area contributed by atoms with Crippen molar-refractivity contribution in [2.75, 3.05) is 13.1 Å². The van der Waals surface area contributed by atoms with Crippen molar-refractivity contribution in [1.29, 1.82) is 0 Å². The Morgan fingerprint density at radius 1 is 1.18 bits per heavy atom. The lowest BCUT2D eigenvalue weighted by molar-refractivity contribution is -0.125. The summed E-state index contributed by atoms with van der Waals surface area (Å²) in [7, 11) is 0. The number of hydrogen-bond acceptors (Lipinski definition) is 4. The molecular formula is C14H23N5O3. The van der Waals surface area contributed by atoms with Gasteiger partial charge in [-0.15, -0.1) is 0 Å². The van der Waals surface area contributed by atoms with Crippen LogP contribution in [0.15, 0.2) is 6.07 Å². The second-order valence-corrected chi connectivity index (χ2v) is 5.17. The van der Waals surface area contributed by atoms with Crippen LogP contribution in [0.3, 0.4) is 0 Å². The Balaban J connectivity index is 2.40. The molecule has 1 aromatic heterocycles. The van der Waals surface area contributed by atoms with E-state index in [4.69, 9.17) is 0 Å². The van der Waals surface area contributed by atoms with Crippen LogP contribution in [0.2, 0.25) is 0 Å². The fraction of sp³-hybridized carbons (Fsp3) is 0.571. The summed E-state index contributed by atoms with van der Waals surface area (Å²) in [6, 6.07) is 1.67. The Hall–Kier alpha value is -2.38. The molecule has 0 saturated carbocycles. The molecule has 8 nitrogen and oxygen atoms in total. The van der Waals surface area contributed by atoms with E-state index in [0.717, 1.165) is 5.69 Å². The minimum Gasteiger partial charge on any atom is -0.352 e. The third-order valence-corrected chi connectivity index (χ3v) is 2.74. The molecule has 3 amide bonds. The van der Waals surface area contributed by atoms with E-state index >= 15 is 0 Å². The number of amides is 3. The van der Waals surface area contributed by atoms with E-state index in [9.17, 15) is 14.4 Å². The van der Waals surface area contributed by atoms with Gasteiger partial charge >= 0.3 is 0 Å². The zero-order valence-electron chi connectivity index (χ0n) is 13.4. The van der Waals surface area contributed by atoms with E-state index in [1.807, 2.05) is 20.8 Å². The number of aromatic nitrogens is 2. The Kier molecular flexibility index (Phi) is 6.55. The minimum absolute atomic E-state index is 0.0154. The predicted octanol–water partition coefficient (Wildman–Crippen LogP) is -0.418. The van der Waals surface area contributed by atoms with Crippen molar-refractivity contribution in [3.63, 3.8) is 0 Å². The maximum absolute atomic E-state index is 12.0. The number of nitrogens with zero attached hydrogens (tertiary/aromatic N) is 2. The van der Waals surface area contributed by atoms with Crippen LogP contribution >= 0.6 is 0 Å². The van der Waals surface area contributed by atoms with Crippen molar-refractivity contribution >= 4 is 17.7 Å². The summed E-state index contributed by atoms with van der Waals surface area (Å²) in [6.45, 7) is 7.60. The first kappa shape index (κ1) is 17.7. The molecule has 0 aliphatic heterocycles. The standard InChI is InChI=1S/C14H23N5O3/c1-5-19-11(6-10(4)18-19)14(22)16-7-12(20)15-8-13(21)17-9(2)3/h6,9H,5,7-8H2,1-4H3,(H,15,20)(H,16,22)(H,17,21). The minimum atomic E-state index is -0.424. The van der Waals surface area contributed by atoms with Crippen molar-refractivity contribution < 1.29 is 14.4 Å². The van der Waals surface area contributed by atoms with Crippen LogP contribution < -0.4 is 16.0 Å². The number of rotatable bonds is 7. The molecular weight excluding hydrogens is 286 g/mol. The first-order chi connectivity index (χ1) is 10.3. The molecule has 0 unspecified atom stereocenters. The lowest BCUT2D eigenvalue weighted by Gasteiger charge is -2.10. The van der Waals surface area contributed by atoms with E-state index in [0.29, 0.717) is 12.2 Å². The molecule has 0 radical (unpaired) electrons. The predicted molar refractivity (Wildman–Crippen MR) is 81.3 cm³/mol. The van der Waals surface area contributed by atoms with Crippen molar-refractivity contribution in [1.82, 2.24) is 25.7 Å². The molecule has 3 N–H and O–H groups in total. The summed E-state index contributed by atoms with van der Waals surface area (Å²) >= 11 is 0. The maximum Gasteiger partial charge on any atom is 0.269 e. The van der Waals surface area contributed by atoms with Crippen molar-refractivity contribution in [3.8, 4) is 0 Å². The molecule has 0 aliphatic rings. The van der Waals surface area contributed by atoms with Crippen LogP contribution in [0.1, 0.15) is 37.0 Å². The van der Waals surface area contributed by atoms with Gasteiger partial charge in [0.1, 0.15) is 5.69 Å². The highest BCUT2D eigenvalue weighted by Gasteiger charge is 2.14. The number of hydrogen-bond donors (Lipinski definition) is 3. The third kappa shape index (κ3) is 5.55. The largest absolute Gasteiger partial charge is 0.352 e. The second kappa shape index (κ2) is 8.16. The van der Waals surface area contributed by atoms with Crippen molar-refractivity contribution in [3.05, 3.63) is 17.5 Å². The van der Waals surface area contributed by atoms with Gasteiger partial charge in [-0.25, -0.2) is 0 Å². The van der Waals surface area contributed by atoms with Crippen molar-refractivity contribution in [2.24, 2.45) is 0 Å². The van der Waals surface area contributed by atoms with E-state index in [2.05, 4.69) is 21.0 Å². The highest BCUT2D eigenvalue weighted by Crippen LogP contribution is 2.03. The molecule has 0 fully saturated rings. The number of aryl methyl sites for hydroxylation is 2. The van der Waals surface area contributed by atoms with Crippen LogP contribution in [0, 0.1) is 6.92 Å². The molecule has 1 heterocycles. The lowest BCUT2D eigenvalue weighted by atomic mass is 10.3. The van der Waals surface area contributed by atoms with Gasteiger partial charge in [-0.3, -0.25) is 19.1 Å². The summed E-state index contributed by atoms with van der Waals surface area (Å²) < 4.78 is 1.57. The number of carbonyl (C=O) groups excluding carboxylic acids is 3. The lowest BCUT2D eigenvalue weighted by Crippen LogP contribution is -2.43. The molecule has 1 rings (SSSR count). The Morgan fingerprint density at radius 2 is 1.82 bits per heavy atom. The Bertz CT molecular complexity index is 551. The summed E-state index contributed by atoms with van der Waals surface area (Å²) in [5, 5.41) is 11.8. The summed E-state index contributed by atoms with van der Waals surface area (Å²) in [5.74, 6) is -1.06. The summed E-state index contributed by atoms with van der Waals surface area (Å²) in [4.78, 5) is 35.0. The third-order valence-electron chi connectivity index (χ3n) is 2.74. The van der Waals surface area contributed by atoms with E-state index < -0.39 is 5.91 Å². The molecule has 8 heteroatoms. The zero-order valence-corrected chi connectivity index (χ0v) is 13.4. The first-order valence-electron chi connectivity index (χ1n) is 7.22. The fourth-order valence-corrected chi connectivity index (χ4v) is 1.83. The quantitative estimate of drug-likeness (QED) is 0.636. The monoisotopic (exact) mass is 309 g/mol. The fourth-order valence-electron chi connectivity index (χ4n) is 1.83. The van der Waals surface area contributed by atoms with Crippen LogP contribution in [0.4, 0.5) is 0 Å². The topological polar surface area (TPSA) is 105 Å². The first-order valence-corrected chi connectivity index (χ1v) is 7.22. The average Bonchev–Trinajstić information content (AvgIpc) is 2.83. The highest BCUT2D eigenvalue weighted by atomic mass is 16.2. The van der Waals surface area contributed by atoms with Gasteiger partial charge in [-0.05, 0) is 33.8 Å². The number of nitrogens with one attached hydrogen (secondary N) is 3. The smallest absolute Gasteiger partial charge is 0.269 e. The SMILES string of the molecule is CCn1nc(C)cc1C(=O)NCC(=O)NCC(=O)NC(C)C. The molecule has 0 spiro atoms. The molecule has 0 bridgehead atoms. The number of carbonyl (C=O) groups is 3. The van der Waals surface area contributed by atoms with E-state index in [-0.39, 0.29) is 30.9 Å². The molecule has 0 aromatic carbocycles. The highest BCUT2D eigenvalue weighted by molar-refractivity contribution is 5.95. The molecule has 1 aromatic rings. The zero-order chi connectivity index (χ0) is 16.7. The van der Waals surface area contributed by atoms with Gasteiger partial charge in [-0.1, -0.05) is 0 Å². The van der Waals surface area contributed by atoms with Crippen LogP contribution in [-0.2, 0) is 16.1 Å². The molecule has 0 atom stereocenters. The van der Waals surface area contributed by atoms with Gasteiger partial charge in [0.05, 0.1) is 18.8 Å². The van der Waals surface area contributed by atoms with Crippen LogP contribution in [0.5, 0.6) is 0 Å². The Morgan fingerprint density at radius 3 is 2.41 bits per heavy atom. The second-order valence-electron chi connectivity index (χ2n) is 5.17. The van der Waals surface area contributed by atoms with Gasteiger partial charge in [0.2, 0.25) is 11.8 Å². The van der Waals surface area contributed by atoms with Crippen molar-refractivity contribution in [2.45, 2.75) is 40.3 Å². The van der Waals surface area contributed by atoms with Gasteiger partial charge in [0.15, 0.2) is 0 Å². The molecule has 0 aliphatic carbocycles. The maximum atomic E-state index is 12.0.